The van der Waals surface area contributed by atoms with Gasteiger partial charge in [0.15, 0.2) is 0 Å². The number of carbonyl (C=O) groups is 1. The number of fused-ring (bicyclic) bond motifs is 1. The molecule has 0 aliphatic heterocycles. The van der Waals surface area contributed by atoms with Crippen molar-refractivity contribution in [2.24, 2.45) is 5.10 Å². The predicted octanol–water partition coefficient (Wildman–Crippen LogP) is 4.10. The van der Waals surface area contributed by atoms with Crippen molar-refractivity contribution >= 4 is 28.1 Å². The molecule has 126 valence electrons. The van der Waals surface area contributed by atoms with E-state index in [1.54, 1.807) is 0 Å². The summed E-state index contributed by atoms with van der Waals surface area (Å²) in [6, 6.07) is 22.2. The minimum Gasteiger partial charge on any atom is -0.376 e. The molecule has 0 saturated heterocycles. The highest BCUT2D eigenvalue weighted by Gasteiger charge is 2.03. The van der Waals surface area contributed by atoms with Crippen molar-refractivity contribution < 1.29 is 4.79 Å². The summed E-state index contributed by atoms with van der Waals surface area (Å²) in [6.45, 7) is 4.09. The minimum absolute atomic E-state index is 0.178. The first-order valence-electron chi connectivity index (χ1n) is 8.25. The monoisotopic (exact) mass is 331 g/mol. The molecule has 0 radical (unpaired) electrons. The summed E-state index contributed by atoms with van der Waals surface area (Å²) in [4.78, 5) is 12.0. The van der Waals surface area contributed by atoms with E-state index in [1.807, 2.05) is 56.3 Å². The molecule has 0 atom stereocenters. The Balaban J connectivity index is 1.59. The topological polar surface area (TPSA) is 53.5 Å². The molecule has 0 saturated carbocycles. The Bertz CT molecular complexity index is 914. The summed E-state index contributed by atoms with van der Waals surface area (Å²) in [5.74, 6) is -0.180. The van der Waals surface area contributed by atoms with Gasteiger partial charge in [-0.05, 0) is 48.4 Å². The van der Waals surface area contributed by atoms with Crippen LogP contribution in [0.4, 0.5) is 5.69 Å². The van der Waals surface area contributed by atoms with Crippen LogP contribution in [-0.2, 0) is 4.79 Å². The van der Waals surface area contributed by atoms with Gasteiger partial charge in [-0.25, -0.2) is 5.43 Å². The fourth-order valence-electron chi connectivity index (χ4n) is 2.52. The highest BCUT2D eigenvalue weighted by Crippen LogP contribution is 2.16. The smallest absolute Gasteiger partial charge is 0.259 e. The molecule has 4 heteroatoms. The van der Waals surface area contributed by atoms with Gasteiger partial charge in [0.2, 0.25) is 0 Å². The van der Waals surface area contributed by atoms with Gasteiger partial charge in [-0.1, -0.05) is 54.1 Å². The molecule has 25 heavy (non-hydrogen) atoms. The molecule has 3 rings (SSSR count). The number of amides is 1. The van der Waals surface area contributed by atoms with Crippen molar-refractivity contribution in [2.45, 2.75) is 13.8 Å². The molecule has 0 aromatic heterocycles. The van der Waals surface area contributed by atoms with E-state index in [0.717, 1.165) is 22.3 Å². The van der Waals surface area contributed by atoms with Gasteiger partial charge in [-0.2, -0.15) is 5.10 Å². The number of aryl methyl sites for hydroxylation is 1. The summed E-state index contributed by atoms with van der Waals surface area (Å²) in [6.07, 6.45) is 0. The zero-order valence-corrected chi connectivity index (χ0v) is 14.4. The van der Waals surface area contributed by atoms with Gasteiger partial charge in [0, 0.05) is 5.69 Å². The molecule has 2 N–H and O–H groups in total. The predicted molar refractivity (Wildman–Crippen MR) is 104 cm³/mol. The van der Waals surface area contributed by atoms with Gasteiger partial charge in [0.05, 0.1) is 12.3 Å². The summed E-state index contributed by atoms with van der Waals surface area (Å²) in [5, 5.41) is 9.62. The van der Waals surface area contributed by atoms with Crippen LogP contribution >= 0.6 is 0 Å². The summed E-state index contributed by atoms with van der Waals surface area (Å²) < 4.78 is 0. The van der Waals surface area contributed by atoms with Crippen LogP contribution in [0.2, 0.25) is 0 Å². The Morgan fingerprint density at radius 2 is 1.68 bits per heavy atom. The minimum atomic E-state index is -0.180. The van der Waals surface area contributed by atoms with Crippen LogP contribution < -0.4 is 10.7 Å². The SMILES string of the molecule is CC(=NNC(=O)CNc1ccc(C)cc1)c1ccc2ccccc2c1. The van der Waals surface area contributed by atoms with Crippen LogP contribution in [0.5, 0.6) is 0 Å². The van der Waals surface area contributed by atoms with Crippen molar-refractivity contribution in [3.63, 3.8) is 0 Å². The molecular formula is C21H21N3O. The fourth-order valence-corrected chi connectivity index (χ4v) is 2.52. The van der Waals surface area contributed by atoms with Crippen LogP contribution in [0, 0.1) is 6.92 Å². The summed E-state index contributed by atoms with van der Waals surface area (Å²) in [7, 11) is 0. The molecule has 4 nitrogen and oxygen atoms in total. The van der Waals surface area contributed by atoms with Gasteiger partial charge in [0.1, 0.15) is 0 Å². The van der Waals surface area contributed by atoms with E-state index in [9.17, 15) is 4.79 Å². The first-order valence-corrected chi connectivity index (χ1v) is 8.25. The van der Waals surface area contributed by atoms with Gasteiger partial charge >= 0.3 is 0 Å². The van der Waals surface area contributed by atoms with Crippen molar-refractivity contribution in [1.29, 1.82) is 0 Å². The standard InChI is InChI=1S/C21H21N3O/c1-15-7-11-20(12-8-15)22-14-21(25)24-23-16(2)18-10-9-17-5-3-4-6-19(17)13-18/h3-13,22H,14H2,1-2H3,(H,24,25). The van der Waals surface area contributed by atoms with Gasteiger partial charge < -0.3 is 5.32 Å². The summed E-state index contributed by atoms with van der Waals surface area (Å²) in [5.41, 5.74) is 6.46. The van der Waals surface area contributed by atoms with E-state index < -0.39 is 0 Å². The average molecular weight is 331 g/mol. The fraction of sp³-hybridized carbons (Fsp3) is 0.143. The van der Waals surface area contributed by atoms with Crippen LogP contribution in [-0.4, -0.2) is 18.2 Å². The first-order chi connectivity index (χ1) is 12.1. The van der Waals surface area contributed by atoms with Crippen LogP contribution in [0.15, 0.2) is 71.8 Å². The van der Waals surface area contributed by atoms with E-state index >= 15 is 0 Å². The maximum Gasteiger partial charge on any atom is 0.259 e. The molecule has 1 amide bonds. The molecule has 0 unspecified atom stereocenters. The van der Waals surface area contributed by atoms with Crippen LogP contribution in [0.3, 0.4) is 0 Å². The number of hydrogen-bond acceptors (Lipinski definition) is 3. The third-order valence-corrected chi connectivity index (χ3v) is 4.02. The number of hydrazone groups is 1. The number of hydrogen-bond donors (Lipinski definition) is 2. The molecule has 3 aromatic carbocycles. The number of anilines is 1. The quantitative estimate of drug-likeness (QED) is 0.546. The van der Waals surface area contributed by atoms with E-state index in [1.165, 1.54) is 10.9 Å². The second-order valence-electron chi connectivity index (χ2n) is 6.01. The Morgan fingerprint density at radius 3 is 2.44 bits per heavy atom. The number of rotatable bonds is 5. The Morgan fingerprint density at radius 1 is 0.960 bits per heavy atom. The molecule has 0 aliphatic rings. The summed E-state index contributed by atoms with van der Waals surface area (Å²) >= 11 is 0. The largest absolute Gasteiger partial charge is 0.376 e. The lowest BCUT2D eigenvalue weighted by molar-refractivity contribution is -0.119. The Kier molecular flexibility index (Phi) is 5.09. The number of benzene rings is 3. The second kappa shape index (κ2) is 7.62. The van der Waals surface area contributed by atoms with Crippen molar-refractivity contribution in [2.75, 3.05) is 11.9 Å². The lowest BCUT2D eigenvalue weighted by Crippen LogP contribution is -2.26. The maximum atomic E-state index is 12.0. The molecular weight excluding hydrogens is 310 g/mol. The molecule has 3 aromatic rings. The molecule has 0 spiro atoms. The van der Waals surface area contributed by atoms with Gasteiger partial charge in [-0.3, -0.25) is 4.79 Å². The third-order valence-electron chi connectivity index (χ3n) is 4.02. The van der Waals surface area contributed by atoms with Gasteiger partial charge in [0.25, 0.3) is 5.91 Å². The Labute approximate surface area is 147 Å². The lowest BCUT2D eigenvalue weighted by atomic mass is 10.0. The Hall–Kier alpha value is -3.14. The average Bonchev–Trinajstić information content (AvgIpc) is 2.65. The van der Waals surface area contributed by atoms with E-state index in [4.69, 9.17) is 0 Å². The van der Waals surface area contributed by atoms with E-state index in [-0.39, 0.29) is 12.5 Å². The van der Waals surface area contributed by atoms with Crippen molar-refractivity contribution in [1.82, 2.24) is 5.43 Å². The zero-order valence-electron chi connectivity index (χ0n) is 14.4. The van der Waals surface area contributed by atoms with Gasteiger partial charge in [-0.15, -0.1) is 0 Å². The first kappa shape index (κ1) is 16.7. The van der Waals surface area contributed by atoms with E-state index in [0.29, 0.717) is 0 Å². The highest BCUT2D eigenvalue weighted by atomic mass is 16.2. The van der Waals surface area contributed by atoms with E-state index in [2.05, 4.69) is 40.1 Å². The second-order valence-corrected chi connectivity index (χ2v) is 6.01. The molecule has 0 bridgehead atoms. The third kappa shape index (κ3) is 4.44. The zero-order chi connectivity index (χ0) is 17.6. The molecule has 0 fully saturated rings. The normalized spacial score (nSPS) is 11.4. The van der Waals surface area contributed by atoms with Crippen LogP contribution in [0.25, 0.3) is 10.8 Å². The van der Waals surface area contributed by atoms with Crippen LogP contribution in [0.1, 0.15) is 18.1 Å². The molecule has 0 aliphatic carbocycles. The molecule has 0 heterocycles. The maximum absolute atomic E-state index is 12.0. The van der Waals surface area contributed by atoms with Crippen molar-refractivity contribution in [3.05, 3.63) is 77.9 Å². The van der Waals surface area contributed by atoms with Crippen molar-refractivity contribution in [3.8, 4) is 0 Å². The number of nitrogens with zero attached hydrogens (tertiary/aromatic N) is 1. The number of nitrogens with one attached hydrogen (secondary N) is 2. The highest BCUT2D eigenvalue weighted by molar-refractivity contribution is 6.02. The number of carbonyl (C=O) groups excluding carboxylic acids is 1. The lowest BCUT2D eigenvalue weighted by Gasteiger charge is -2.07.